The second kappa shape index (κ2) is 7.43. The zero-order valence-electron chi connectivity index (χ0n) is 13.8. The standard InChI is InChI=1S/C17H17N5O3/c1-24-13-7-12(8-14(9-13)25-2)17(23)19-10-15-20-16(22-21-15)11-3-5-18-6-4-11/h3-9H,10H2,1-2H3,(H,19,23)(H,20,21,22). The molecule has 3 rings (SSSR count). The Morgan fingerprint density at radius 1 is 1.12 bits per heavy atom. The summed E-state index contributed by atoms with van der Waals surface area (Å²) in [6.07, 6.45) is 3.34. The molecule has 1 amide bonds. The van der Waals surface area contributed by atoms with E-state index in [1.807, 2.05) is 12.1 Å². The Morgan fingerprint density at radius 2 is 1.80 bits per heavy atom. The molecule has 0 aliphatic heterocycles. The number of hydrogen-bond donors (Lipinski definition) is 2. The molecule has 0 spiro atoms. The first-order chi connectivity index (χ1) is 12.2. The lowest BCUT2D eigenvalue weighted by Crippen LogP contribution is -2.23. The van der Waals surface area contributed by atoms with Gasteiger partial charge in [0, 0.05) is 29.6 Å². The van der Waals surface area contributed by atoms with E-state index in [4.69, 9.17) is 9.47 Å². The molecule has 1 aromatic carbocycles. The van der Waals surface area contributed by atoms with Crippen molar-refractivity contribution in [2.75, 3.05) is 14.2 Å². The van der Waals surface area contributed by atoms with Gasteiger partial charge in [-0.15, -0.1) is 0 Å². The van der Waals surface area contributed by atoms with Gasteiger partial charge < -0.3 is 14.8 Å². The molecule has 0 radical (unpaired) electrons. The van der Waals surface area contributed by atoms with Crippen LogP contribution in [0.15, 0.2) is 42.7 Å². The fraction of sp³-hybridized carbons (Fsp3) is 0.176. The number of pyridine rings is 1. The predicted molar refractivity (Wildman–Crippen MR) is 90.3 cm³/mol. The minimum atomic E-state index is -0.265. The first-order valence-electron chi connectivity index (χ1n) is 7.52. The van der Waals surface area contributed by atoms with Crippen LogP contribution in [0, 0.1) is 0 Å². The van der Waals surface area contributed by atoms with Crippen molar-refractivity contribution in [2.24, 2.45) is 0 Å². The van der Waals surface area contributed by atoms with Crippen molar-refractivity contribution in [1.29, 1.82) is 0 Å². The molecular weight excluding hydrogens is 322 g/mol. The summed E-state index contributed by atoms with van der Waals surface area (Å²) in [6, 6.07) is 8.61. The first kappa shape index (κ1) is 16.4. The van der Waals surface area contributed by atoms with Gasteiger partial charge in [0.15, 0.2) is 5.82 Å². The van der Waals surface area contributed by atoms with Gasteiger partial charge in [-0.05, 0) is 24.3 Å². The molecule has 0 atom stereocenters. The lowest BCUT2D eigenvalue weighted by molar-refractivity contribution is 0.0949. The fourth-order valence-corrected chi connectivity index (χ4v) is 2.21. The minimum Gasteiger partial charge on any atom is -0.497 e. The largest absolute Gasteiger partial charge is 0.497 e. The average molecular weight is 339 g/mol. The number of rotatable bonds is 6. The summed E-state index contributed by atoms with van der Waals surface area (Å²) in [4.78, 5) is 20.6. The number of hydrogen-bond acceptors (Lipinski definition) is 6. The Morgan fingerprint density at radius 3 is 2.44 bits per heavy atom. The summed E-state index contributed by atoms with van der Waals surface area (Å²) < 4.78 is 10.3. The molecule has 0 aliphatic carbocycles. The number of H-pyrrole nitrogens is 1. The highest BCUT2D eigenvalue weighted by molar-refractivity contribution is 5.95. The van der Waals surface area contributed by atoms with Crippen molar-refractivity contribution >= 4 is 5.91 Å². The van der Waals surface area contributed by atoms with Crippen LogP contribution in [-0.4, -0.2) is 40.3 Å². The van der Waals surface area contributed by atoms with E-state index in [1.54, 1.807) is 30.6 Å². The van der Waals surface area contributed by atoms with Crippen LogP contribution in [0.2, 0.25) is 0 Å². The van der Waals surface area contributed by atoms with Gasteiger partial charge in [-0.3, -0.25) is 14.9 Å². The number of aromatic amines is 1. The smallest absolute Gasteiger partial charge is 0.251 e. The molecule has 2 aromatic heterocycles. The summed E-state index contributed by atoms with van der Waals surface area (Å²) >= 11 is 0. The maximum absolute atomic E-state index is 12.3. The van der Waals surface area contributed by atoms with E-state index in [-0.39, 0.29) is 12.5 Å². The summed E-state index contributed by atoms with van der Waals surface area (Å²) in [5, 5.41) is 9.73. The molecule has 2 N–H and O–H groups in total. The Hall–Kier alpha value is -3.42. The van der Waals surface area contributed by atoms with Gasteiger partial charge in [-0.1, -0.05) is 0 Å². The van der Waals surface area contributed by atoms with Crippen molar-refractivity contribution in [1.82, 2.24) is 25.5 Å². The number of carbonyl (C=O) groups is 1. The van der Waals surface area contributed by atoms with E-state index >= 15 is 0 Å². The predicted octanol–water partition coefficient (Wildman–Crippen LogP) is 1.81. The molecule has 3 aromatic rings. The van der Waals surface area contributed by atoms with Crippen molar-refractivity contribution in [3.63, 3.8) is 0 Å². The summed E-state index contributed by atoms with van der Waals surface area (Å²) in [7, 11) is 3.07. The fourth-order valence-electron chi connectivity index (χ4n) is 2.21. The van der Waals surface area contributed by atoms with E-state index in [1.165, 1.54) is 14.2 Å². The molecule has 0 unspecified atom stereocenters. The SMILES string of the molecule is COc1cc(OC)cc(C(=O)NCc2nc(-c3ccncc3)n[nH]2)c1. The van der Waals surface area contributed by atoms with Gasteiger partial charge in [0.25, 0.3) is 5.91 Å². The molecule has 0 saturated carbocycles. The molecule has 0 aliphatic rings. The monoisotopic (exact) mass is 339 g/mol. The maximum Gasteiger partial charge on any atom is 0.251 e. The van der Waals surface area contributed by atoms with Gasteiger partial charge in [0.2, 0.25) is 0 Å². The maximum atomic E-state index is 12.3. The highest BCUT2D eigenvalue weighted by atomic mass is 16.5. The number of aromatic nitrogens is 4. The third-order valence-corrected chi connectivity index (χ3v) is 3.50. The van der Waals surface area contributed by atoms with Gasteiger partial charge >= 0.3 is 0 Å². The van der Waals surface area contributed by atoms with Gasteiger partial charge in [0.05, 0.1) is 20.8 Å². The molecular formula is C17H17N5O3. The lowest BCUT2D eigenvalue weighted by Gasteiger charge is -2.08. The van der Waals surface area contributed by atoms with Crippen molar-refractivity contribution < 1.29 is 14.3 Å². The van der Waals surface area contributed by atoms with Crippen LogP contribution in [-0.2, 0) is 6.54 Å². The third-order valence-electron chi connectivity index (χ3n) is 3.50. The number of benzene rings is 1. The molecule has 8 nitrogen and oxygen atoms in total. The van der Waals surface area contributed by atoms with E-state index in [2.05, 4.69) is 25.5 Å². The molecule has 0 fully saturated rings. The molecule has 128 valence electrons. The highest BCUT2D eigenvalue weighted by Gasteiger charge is 2.11. The molecule has 0 bridgehead atoms. The van der Waals surface area contributed by atoms with Crippen LogP contribution >= 0.6 is 0 Å². The number of methoxy groups -OCH3 is 2. The number of nitrogens with one attached hydrogen (secondary N) is 2. The average Bonchev–Trinajstić information content (AvgIpc) is 3.15. The minimum absolute atomic E-state index is 0.219. The Labute approximate surface area is 144 Å². The zero-order valence-corrected chi connectivity index (χ0v) is 13.8. The normalized spacial score (nSPS) is 10.3. The van der Waals surface area contributed by atoms with Crippen LogP contribution in [0.4, 0.5) is 0 Å². The second-order valence-electron chi connectivity index (χ2n) is 5.13. The van der Waals surface area contributed by atoms with E-state index in [0.29, 0.717) is 28.7 Å². The first-order valence-corrected chi connectivity index (χ1v) is 7.52. The van der Waals surface area contributed by atoms with Crippen LogP contribution in [0.25, 0.3) is 11.4 Å². The summed E-state index contributed by atoms with van der Waals surface area (Å²) in [5.74, 6) is 1.93. The Bertz CT molecular complexity index is 841. The van der Waals surface area contributed by atoms with Gasteiger partial charge in [0.1, 0.15) is 17.3 Å². The van der Waals surface area contributed by atoms with Crippen LogP contribution in [0.1, 0.15) is 16.2 Å². The van der Waals surface area contributed by atoms with E-state index in [0.717, 1.165) is 5.56 Å². The van der Waals surface area contributed by atoms with Crippen LogP contribution < -0.4 is 14.8 Å². The number of amides is 1. The van der Waals surface area contributed by atoms with Crippen LogP contribution in [0.5, 0.6) is 11.5 Å². The van der Waals surface area contributed by atoms with E-state index < -0.39 is 0 Å². The molecule has 0 saturated heterocycles. The lowest BCUT2D eigenvalue weighted by atomic mass is 10.2. The number of nitrogens with zero attached hydrogens (tertiary/aromatic N) is 3. The topological polar surface area (TPSA) is 102 Å². The van der Waals surface area contributed by atoms with Crippen molar-refractivity contribution in [2.45, 2.75) is 6.54 Å². The van der Waals surface area contributed by atoms with Crippen LogP contribution in [0.3, 0.4) is 0 Å². The zero-order chi connectivity index (χ0) is 17.6. The number of ether oxygens (including phenoxy) is 2. The molecule has 2 heterocycles. The van der Waals surface area contributed by atoms with Gasteiger partial charge in [-0.2, -0.15) is 5.10 Å². The van der Waals surface area contributed by atoms with Crippen molar-refractivity contribution in [3.05, 3.63) is 54.1 Å². The Balaban J connectivity index is 1.68. The summed E-state index contributed by atoms with van der Waals surface area (Å²) in [6.45, 7) is 0.219. The van der Waals surface area contributed by atoms with Gasteiger partial charge in [-0.25, -0.2) is 4.98 Å². The second-order valence-corrected chi connectivity index (χ2v) is 5.13. The quantitative estimate of drug-likeness (QED) is 0.710. The number of carbonyl (C=O) groups excluding carboxylic acids is 1. The van der Waals surface area contributed by atoms with Crippen molar-refractivity contribution in [3.8, 4) is 22.9 Å². The van der Waals surface area contributed by atoms with E-state index in [9.17, 15) is 4.79 Å². The molecule has 8 heteroatoms. The Kier molecular flexibility index (Phi) is 4.89. The third kappa shape index (κ3) is 3.92. The molecule has 25 heavy (non-hydrogen) atoms. The highest BCUT2D eigenvalue weighted by Crippen LogP contribution is 2.22. The summed E-state index contributed by atoms with van der Waals surface area (Å²) in [5.41, 5.74) is 1.28.